The summed E-state index contributed by atoms with van der Waals surface area (Å²) in [4.78, 5) is 3.92. The normalized spacial score (nSPS) is 10.3. The van der Waals surface area contributed by atoms with Crippen molar-refractivity contribution in [2.24, 2.45) is 0 Å². The van der Waals surface area contributed by atoms with E-state index in [9.17, 15) is 0 Å². The third kappa shape index (κ3) is 1.45. The van der Waals surface area contributed by atoms with Crippen molar-refractivity contribution in [3.05, 3.63) is 35.6 Å². The topological polar surface area (TPSA) is 22.1 Å². The lowest BCUT2D eigenvalue weighted by Gasteiger charge is -2.03. The predicted molar refractivity (Wildman–Crippen MR) is 52.1 cm³/mol. The average Bonchev–Trinajstić information content (AvgIpc) is 2.16. The van der Waals surface area contributed by atoms with Gasteiger partial charge in [0.1, 0.15) is 5.75 Å². The standard InChI is InChI=1S/C10H7ClNO/c1-13-10-6-12-5-7-4-8(11)2-3-9(7)10/h2-4,6H,1H3. The Morgan fingerprint density at radius 1 is 1.46 bits per heavy atom. The van der Waals surface area contributed by atoms with Crippen LogP contribution in [0, 0.1) is 6.20 Å². The summed E-state index contributed by atoms with van der Waals surface area (Å²) in [6, 6.07) is 5.53. The minimum absolute atomic E-state index is 0.679. The molecule has 1 aromatic heterocycles. The number of halogens is 1. The summed E-state index contributed by atoms with van der Waals surface area (Å²) in [5.74, 6) is 0.741. The third-order valence-corrected chi connectivity index (χ3v) is 2.07. The zero-order valence-electron chi connectivity index (χ0n) is 7.04. The average molecular weight is 193 g/mol. The van der Waals surface area contributed by atoms with Gasteiger partial charge in [0, 0.05) is 15.8 Å². The minimum atomic E-state index is 0.679. The van der Waals surface area contributed by atoms with Crippen molar-refractivity contribution >= 4 is 22.4 Å². The van der Waals surface area contributed by atoms with Crippen molar-refractivity contribution in [2.45, 2.75) is 0 Å². The number of hydrogen-bond acceptors (Lipinski definition) is 2. The van der Waals surface area contributed by atoms with Crippen LogP contribution in [0.25, 0.3) is 10.8 Å². The van der Waals surface area contributed by atoms with E-state index >= 15 is 0 Å². The lowest BCUT2D eigenvalue weighted by molar-refractivity contribution is 0.418. The highest BCUT2D eigenvalue weighted by molar-refractivity contribution is 6.31. The van der Waals surface area contributed by atoms with Gasteiger partial charge in [-0.3, -0.25) is 4.98 Å². The largest absolute Gasteiger partial charge is 0.494 e. The predicted octanol–water partition coefficient (Wildman–Crippen LogP) is 2.70. The molecule has 0 aliphatic heterocycles. The monoisotopic (exact) mass is 192 g/mol. The first-order valence-electron chi connectivity index (χ1n) is 3.81. The molecule has 0 bridgehead atoms. The van der Waals surface area contributed by atoms with Crippen molar-refractivity contribution in [1.29, 1.82) is 0 Å². The summed E-state index contributed by atoms with van der Waals surface area (Å²) in [7, 11) is 1.62. The second-order valence-electron chi connectivity index (χ2n) is 2.63. The molecule has 0 saturated heterocycles. The maximum atomic E-state index is 5.83. The van der Waals surface area contributed by atoms with Gasteiger partial charge >= 0.3 is 0 Å². The van der Waals surface area contributed by atoms with Crippen LogP contribution < -0.4 is 4.74 Å². The van der Waals surface area contributed by atoms with Crippen LogP contribution in [-0.2, 0) is 0 Å². The smallest absolute Gasteiger partial charge is 0.145 e. The van der Waals surface area contributed by atoms with E-state index in [1.165, 1.54) is 0 Å². The molecule has 65 valence electrons. The molecule has 0 aliphatic carbocycles. The van der Waals surface area contributed by atoms with E-state index in [2.05, 4.69) is 11.2 Å². The molecule has 2 aromatic rings. The second kappa shape index (κ2) is 3.23. The highest BCUT2D eigenvalue weighted by Gasteiger charge is 2.01. The summed E-state index contributed by atoms with van der Waals surface area (Å²) in [5, 5.41) is 2.52. The van der Waals surface area contributed by atoms with Gasteiger partial charge < -0.3 is 4.74 Å². The summed E-state index contributed by atoms with van der Waals surface area (Å²) in [6.45, 7) is 0. The fraction of sp³-hybridized carbons (Fsp3) is 0.100. The van der Waals surface area contributed by atoms with E-state index in [4.69, 9.17) is 16.3 Å². The lowest BCUT2D eigenvalue weighted by Crippen LogP contribution is -1.86. The zero-order valence-corrected chi connectivity index (χ0v) is 7.80. The molecule has 2 nitrogen and oxygen atoms in total. The fourth-order valence-electron chi connectivity index (χ4n) is 1.22. The summed E-state index contributed by atoms with van der Waals surface area (Å²) in [6.07, 6.45) is 4.49. The van der Waals surface area contributed by atoms with E-state index in [-0.39, 0.29) is 0 Å². The molecule has 0 N–H and O–H groups in total. The zero-order chi connectivity index (χ0) is 9.26. The second-order valence-corrected chi connectivity index (χ2v) is 3.06. The SMILES string of the molecule is COc1cn[c]c2cc(Cl)ccc12. The van der Waals surface area contributed by atoms with Crippen LogP contribution in [0.15, 0.2) is 24.4 Å². The van der Waals surface area contributed by atoms with Gasteiger partial charge in [-0.05, 0) is 18.2 Å². The number of pyridine rings is 1. The van der Waals surface area contributed by atoms with Crippen LogP contribution in [-0.4, -0.2) is 12.1 Å². The van der Waals surface area contributed by atoms with E-state index in [0.29, 0.717) is 5.02 Å². The summed E-state index contributed by atoms with van der Waals surface area (Å²) in [5.41, 5.74) is 0. The van der Waals surface area contributed by atoms with Crippen LogP contribution in [0.1, 0.15) is 0 Å². The Morgan fingerprint density at radius 2 is 2.31 bits per heavy atom. The highest BCUT2D eigenvalue weighted by Crippen LogP contribution is 2.25. The number of fused-ring (bicyclic) bond motifs is 1. The number of ether oxygens (including phenoxy) is 1. The Morgan fingerprint density at radius 3 is 3.08 bits per heavy atom. The van der Waals surface area contributed by atoms with Gasteiger partial charge in [0.25, 0.3) is 0 Å². The number of benzene rings is 1. The maximum Gasteiger partial charge on any atom is 0.145 e. The third-order valence-electron chi connectivity index (χ3n) is 1.83. The number of rotatable bonds is 1. The first kappa shape index (κ1) is 8.32. The molecule has 0 saturated carbocycles. The van der Waals surface area contributed by atoms with E-state index < -0.39 is 0 Å². The van der Waals surface area contributed by atoms with Crippen LogP contribution in [0.4, 0.5) is 0 Å². The van der Waals surface area contributed by atoms with Crippen LogP contribution in [0.2, 0.25) is 5.02 Å². The van der Waals surface area contributed by atoms with Gasteiger partial charge in [-0.15, -0.1) is 0 Å². The summed E-state index contributed by atoms with van der Waals surface area (Å²) < 4.78 is 5.14. The molecule has 1 heterocycles. The Balaban J connectivity index is 2.77. The Hall–Kier alpha value is -1.28. The van der Waals surface area contributed by atoms with E-state index in [1.807, 2.05) is 18.2 Å². The maximum absolute atomic E-state index is 5.83. The molecule has 3 heteroatoms. The van der Waals surface area contributed by atoms with E-state index in [0.717, 1.165) is 16.5 Å². The summed E-state index contributed by atoms with van der Waals surface area (Å²) >= 11 is 5.83. The Bertz CT molecular complexity index is 442. The number of nitrogens with zero attached hydrogens (tertiary/aromatic N) is 1. The minimum Gasteiger partial charge on any atom is -0.494 e. The van der Waals surface area contributed by atoms with Crippen molar-refractivity contribution in [3.8, 4) is 5.75 Å². The Kier molecular flexibility index (Phi) is 2.07. The van der Waals surface area contributed by atoms with Crippen LogP contribution in [0.5, 0.6) is 5.75 Å². The first-order valence-corrected chi connectivity index (χ1v) is 4.19. The van der Waals surface area contributed by atoms with Gasteiger partial charge in [0.15, 0.2) is 0 Å². The molecule has 13 heavy (non-hydrogen) atoms. The van der Waals surface area contributed by atoms with Crippen molar-refractivity contribution in [2.75, 3.05) is 7.11 Å². The quantitative estimate of drug-likeness (QED) is 0.693. The van der Waals surface area contributed by atoms with Gasteiger partial charge in [0.2, 0.25) is 0 Å². The first-order chi connectivity index (χ1) is 6.31. The van der Waals surface area contributed by atoms with Crippen molar-refractivity contribution in [3.63, 3.8) is 0 Å². The van der Waals surface area contributed by atoms with Crippen molar-refractivity contribution in [1.82, 2.24) is 4.98 Å². The molecule has 1 aromatic carbocycles. The van der Waals surface area contributed by atoms with Gasteiger partial charge in [-0.2, -0.15) is 0 Å². The lowest BCUT2D eigenvalue weighted by atomic mass is 10.2. The Labute approximate surface area is 81.1 Å². The molecule has 0 spiro atoms. The molecular formula is C10H7ClNO. The van der Waals surface area contributed by atoms with E-state index in [1.54, 1.807) is 13.3 Å². The molecule has 0 fully saturated rings. The van der Waals surface area contributed by atoms with Crippen molar-refractivity contribution < 1.29 is 4.74 Å². The van der Waals surface area contributed by atoms with Gasteiger partial charge in [-0.25, -0.2) is 0 Å². The van der Waals surface area contributed by atoms with Crippen LogP contribution in [0.3, 0.4) is 0 Å². The van der Waals surface area contributed by atoms with Crippen LogP contribution >= 0.6 is 11.6 Å². The molecule has 1 radical (unpaired) electrons. The molecule has 0 aliphatic rings. The molecule has 0 unspecified atom stereocenters. The highest BCUT2D eigenvalue weighted by atomic mass is 35.5. The number of hydrogen-bond donors (Lipinski definition) is 0. The number of aromatic nitrogens is 1. The number of methoxy groups -OCH3 is 1. The molecule has 2 rings (SSSR count). The molecular weight excluding hydrogens is 186 g/mol. The van der Waals surface area contributed by atoms with Gasteiger partial charge in [-0.1, -0.05) is 11.6 Å². The molecule has 0 amide bonds. The molecule has 0 atom stereocenters. The fourth-order valence-corrected chi connectivity index (χ4v) is 1.39. The van der Waals surface area contributed by atoms with Gasteiger partial charge in [0.05, 0.1) is 19.5 Å².